The first-order chi connectivity index (χ1) is 10.4. The fourth-order valence-corrected chi connectivity index (χ4v) is 2.01. The molecule has 3 nitrogen and oxygen atoms in total. The first-order valence-corrected chi connectivity index (χ1v) is 8.35. The minimum atomic E-state index is -0.310. The maximum absolute atomic E-state index is 11.1. The predicted octanol–water partition coefficient (Wildman–Crippen LogP) is 4.68. The van der Waals surface area contributed by atoms with Crippen molar-refractivity contribution >= 4 is 5.97 Å². The van der Waals surface area contributed by atoms with Gasteiger partial charge in [0.15, 0.2) is 0 Å². The Kier molecular flexibility index (Phi) is 9.75. The van der Waals surface area contributed by atoms with Gasteiger partial charge in [0.25, 0.3) is 0 Å². The molecule has 126 valence electrons. The fourth-order valence-electron chi connectivity index (χ4n) is 2.01. The first kappa shape index (κ1) is 20.6. The molecular weight excluding hydrogens is 276 g/mol. The van der Waals surface area contributed by atoms with E-state index in [2.05, 4.69) is 6.07 Å². The topological polar surface area (TPSA) is 46.5 Å². The Hall–Kier alpha value is -1.35. The van der Waals surface area contributed by atoms with Crippen LogP contribution in [-0.4, -0.2) is 17.7 Å². The van der Waals surface area contributed by atoms with Crippen molar-refractivity contribution in [3.63, 3.8) is 0 Å². The van der Waals surface area contributed by atoms with E-state index in [4.69, 9.17) is 4.74 Å². The number of aryl methyl sites for hydroxylation is 1. The Labute approximate surface area is 135 Å². The van der Waals surface area contributed by atoms with Crippen molar-refractivity contribution in [2.24, 2.45) is 5.41 Å². The Morgan fingerprint density at radius 2 is 1.86 bits per heavy atom. The standard InChI is InChI=1S/C9H10O.C8H16O2.C2H6/c10-9-6-5-7-3-1-2-4-8(7)9;1-5-8(3,4)7(9)10-6-2;1-2/h1-4,9-10H,5-6H2;5-6H2,1-4H3;1-2H3. The summed E-state index contributed by atoms with van der Waals surface area (Å²) in [6.45, 7) is 12.1. The van der Waals surface area contributed by atoms with Crippen LogP contribution in [0, 0.1) is 5.41 Å². The molecular formula is C19H32O3. The molecule has 0 bridgehead atoms. The third-order valence-electron chi connectivity index (χ3n) is 3.81. The van der Waals surface area contributed by atoms with E-state index in [-0.39, 0.29) is 17.5 Å². The summed E-state index contributed by atoms with van der Waals surface area (Å²) in [4.78, 5) is 11.1. The van der Waals surface area contributed by atoms with E-state index in [0.29, 0.717) is 6.61 Å². The number of benzene rings is 1. The molecule has 2 rings (SSSR count). The van der Waals surface area contributed by atoms with Gasteiger partial charge in [0.1, 0.15) is 0 Å². The molecule has 0 heterocycles. The number of ether oxygens (including phenoxy) is 1. The molecule has 3 heteroatoms. The monoisotopic (exact) mass is 308 g/mol. The largest absolute Gasteiger partial charge is 0.466 e. The second kappa shape index (κ2) is 10.4. The number of aliphatic hydroxyl groups is 1. The lowest BCUT2D eigenvalue weighted by Crippen LogP contribution is -2.25. The molecule has 0 aliphatic heterocycles. The van der Waals surface area contributed by atoms with Crippen LogP contribution >= 0.6 is 0 Å². The van der Waals surface area contributed by atoms with Gasteiger partial charge in [0.2, 0.25) is 0 Å². The van der Waals surface area contributed by atoms with Crippen molar-refractivity contribution in [2.45, 2.75) is 66.9 Å². The lowest BCUT2D eigenvalue weighted by Gasteiger charge is -2.19. The van der Waals surface area contributed by atoms with Gasteiger partial charge in [-0.25, -0.2) is 0 Å². The van der Waals surface area contributed by atoms with Crippen molar-refractivity contribution in [1.29, 1.82) is 0 Å². The molecule has 1 unspecified atom stereocenters. The SMILES string of the molecule is CC.CCOC(=O)C(C)(C)CC.OC1CCc2ccccc21. The van der Waals surface area contributed by atoms with Crippen LogP contribution in [0.3, 0.4) is 0 Å². The Morgan fingerprint density at radius 1 is 1.27 bits per heavy atom. The van der Waals surface area contributed by atoms with Crippen molar-refractivity contribution in [2.75, 3.05) is 6.61 Å². The number of carbonyl (C=O) groups is 1. The lowest BCUT2D eigenvalue weighted by molar-refractivity contribution is -0.153. The molecule has 1 atom stereocenters. The molecule has 0 aromatic heterocycles. The van der Waals surface area contributed by atoms with Crippen LogP contribution in [0.4, 0.5) is 0 Å². The molecule has 0 saturated heterocycles. The third kappa shape index (κ3) is 6.18. The minimum Gasteiger partial charge on any atom is -0.466 e. The van der Waals surface area contributed by atoms with E-state index in [1.54, 1.807) is 0 Å². The molecule has 1 aromatic rings. The predicted molar refractivity (Wildman–Crippen MR) is 91.8 cm³/mol. The first-order valence-electron chi connectivity index (χ1n) is 8.35. The molecule has 1 aliphatic rings. The van der Waals surface area contributed by atoms with Crippen LogP contribution in [0.25, 0.3) is 0 Å². The Morgan fingerprint density at radius 3 is 2.36 bits per heavy atom. The number of rotatable bonds is 3. The highest BCUT2D eigenvalue weighted by Crippen LogP contribution is 2.29. The summed E-state index contributed by atoms with van der Waals surface area (Å²) in [5.41, 5.74) is 2.13. The van der Waals surface area contributed by atoms with Crippen LogP contribution < -0.4 is 0 Å². The average Bonchev–Trinajstić information content (AvgIpc) is 2.92. The van der Waals surface area contributed by atoms with Crippen molar-refractivity contribution in [1.82, 2.24) is 0 Å². The summed E-state index contributed by atoms with van der Waals surface area (Å²) in [7, 11) is 0. The van der Waals surface area contributed by atoms with Gasteiger partial charge in [-0.2, -0.15) is 0 Å². The number of carbonyl (C=O) groups excluding carboxylic acids is 1. The maximum Gasteiger partial charge on any atom is 0.311 e. The third-order valence-corrected chi connectivity index (χ3v) is 3.81. The zero-order valence-electron chi connectivity index (χ0n) is 15.0. The maximum atomic E-state index is 11.1. The van der Waals surface area contributed by atoms with E-state index in [0.717, 1.165) is 24.8 Å². The normalized spacial score (nSPS) is 15.7. The molecule has 0 radical (unpaired) electrons. The summed E-state index contributed by atoms with van der Waals surface area (Å²) in [5.74, 6) is -0.0995. The van der Waals surface area contributed by atoms with Gasteiger partial charge in [-0.3, -0.25) is 4.79 Å². The molecule has 1 aliphatic carbocycles. The van der Waals surface area contributed by atoms with Crippen molar-refractivity contribution in [3.8, 4) is 0 Å². The lowest BCUT2D eigenvalue weighted by atomic mass is 9.91. The molecule has 0 amide bonds. The van der Waals surface area contributed by atoms with Crippen LogP contribution in [0.15, 0.2) is 24.3 Å². The van der Waals surface area contributed by atoms with E-state index < -0.39 is 0 Å². The van der Waals surface area contributed by atoms with Crippen LogP contribution in [-0.2, 0) is 16.0 Å². The highest BCUT2D eigenvalue weighted by Gasteiger charge is 2.26. The van der Waals surface area contributed by atoms with Gasteiger partial charge < -0.3 is 9.84 Å². The average molecular weight is 308 g/mol. The molecule has 0 spiro atoms. The molecule has 1 aromatic carbocycles. The van der Waals surface area contributed by atoms with Gasteiger partial charge in [-0.05, 0) is 51.2 Å². The summed E-state index contributed by atoms with van der Waals surface area (Å²) in [6.07, 6.45) is 2.57. The zero-order valence-corrected chi connectivity index (χ0v) is 15.0. The fraction of sp³-hybridized carbons (Fsp3) is 0.632. The molecule has 1 N–H and O–H groups in total. The van der Waals surface area contributed by atoms with E-state index >= 15 is 0 Å². The molecule has 22 heavy (non-hydrogen) atoms. The van der Waals surface area contributed by atoms with Gasteiger partial charge in [0, 0.05) is 0 Å². The number of fused-ring (bicyclic) bond motifs is 1. The number of hydrogen-bond acceptors (Lipinski definition) is 3. The van der Waals surface area contributed by atoms with E-state index in [9.17, 15) is 9.90 Å². The molecule has 0 fully saturated rings. The van der Waals surface area contributed by atoms with Crippen LogP contribution in [0.1, 0.15) is 71.6 Å². The summed E-state index contributed by atoms with van der Waals surface area (Å²) < 4.78 is 4.86. The second-order valence-electron chi connectivity index (χ2n) is 5.71. The zero-order chi connectivity index (χ0) is 17.2. The number of aliphatic hydroxyl groups excluding tert-OH is 1. The molecule has 0 saturated carbocycles. The van der Waals surface area contributed by atoms with Gasteiger partial charge >= 0.3 is 5.97 Å². The highest BCUT2D eigenvalue weighted by molar-refractivity contribution is 5.75. The highest BCUT2D eigenvalue weighted by atomic mass is 16.5. The van der Waals surface area contributed by atoms with E-state index in [1.807, 2.05) is 59.7 Å². The Balaban J connectivity index is 0.000000360. The van der Waals surface area contributed by atoms with Crippen molar-refractivity contribution < 1.29 is 14.6 Å². The smallest absolute Gasteiger partial charge is 0.311 e. The van der Waals surface area contributed by atoms with Crippen molar-refractivity contribution in [3.05, 3.63) is 35.4 Å². The summed E-state index contributed by atoms with van der Waals surface area (Å²) in [6, 6.07) is 8.10. The Bertz CT molecular complexity index is 438. The summed E-state index contributed by atoms with van der Waals surface area (Å²) >= 11 is 0. The van der Waals surface area contributed by atoms with Crippen LogP contribution in [0.2, 0.25) is 0 Å². The minimum absolute atomic E-state index is 0.0995. The number of esters is 1. The second-order valence-corrected chi connectivity index (χ2v) is 5.71. The quantitative estimate of drug-likeness (QED) is 0.825. The summed E-state index contributed by atoms with van der Waals surface area (Å²) in [5, 5.41) is 9.38. The number of hydrogen-bond donors (Lipinski definition) is 1. The van der Waals surface area contributed by atoms with E-state index in [1.165, 1.54) is 5.56 Å². The van der Waals surface area contributed by atoms with Crippen LogP contribution in [0.5, 0.6) is 0 Å². The van der Waals surface area contributed by atoms with Gasteiger partial charge in [-0.15, -0.1) is 0 Å². The van der Waals surface area contributed by atoms with Gasteiger partial charge in [-0.1, -0.05) is 45.0 Å². The van der Waals surface area contributed by atoms with Gasteiger partial charge in [0.05, 0.1) is 18.1 Å².